The van der Waals surface area contributed by atoms with Gasteiger partial charge in [0.25, 0.3) is 0 Å². The van der Waals surface area contributed by atoms with Gasteiger partial charge in [0, 0.05) is 24.2 Å². The van der Waals surface area contributed by atoms with E-state index >= 15 is 0 Å². The van der Waals surface area contributed by atoms with Crippen molar-refractivity contribution in [3.8, 4) is 11.5 Å². The molecule has 4 rings (SSSR count). The van der Waals surface area contributed by atoms with Gasteiger partial charge < -0.3 is 14.5 Å². The molecule has 0 N–H and O–H groups in total. The maximum atomic E-state index is 13.1. The number of nitrogens with zero attached hydrogens (tertiary/aromatic N) is 2. The number of hydrogen-bond donors (Lipinski definition) is 0. The van der Waals surface area contributed by atoms with Crippen LogP contribution in [0.4, 0.5) is 18.9 Å². The summed E-state index contributed by atoms with van der Waals surface area (Å²) in [5, 5.41) is 0.508. The van der Waals surface area contributed by atoms with Crippen molar-refractivity contribution in [3.63, 3.8) is 0 Å². The molecule has 2 aromatic carbocycles. The van der Waals surface area contributed by atoms with E-state index in [1.165, 1.54) is 7.05 Å². The highest BCUT2D eigenvalue weighted by Crippen LogP contribution is 2.49. The maximum Gasteiger partial charge on any atom is 0.471 e. The number of halogens is 4. The third-order valence-electron chi connectivity index (χ3n) is 5.35. The van der Waals surface area contributed by atoms with Crippen LogP contribution in [-0.2, 0) is 4.79 Å². The molecule has 148 valence electrons. The lowest BCUT2D eigenvalue weighted by Gasteiger charge is -2.45. The van der Waals surface area contributed by atoms with E-state index in [4.69, 9.17) is 16.3 Å². The van der Waals surface area contributed by atoms with E-state index in [1.807, 2.05) is 23.1 Å². The molecular weight excluding hydrogens is 393 g/mol. The monoisotopic (exact) mass is 410 g/mol. The average molecular weight is 411 g/mol. The fourth-order valence-electron chi connectivity index (χ4n) is 4.11. The molecule has 0 aromatic heterocycles. The Morgan fingerprint density at radius 2 is 1.96 bits per heavy atom. The Labute approximate surface area is 165 Å². The first-order valence-corrected chi connectivity index (χ1v) is 9.32. The number of anilines is 1. The summed E-state index contributed by atoms with van der Waals surface area (Å²) in [6.07, 6.45) is -3.81. The highest BCUT2D eigenvalue weighted by Gasteiger charge is 2.47. The lowest BCUT2D eigenvalue weighted by molar-refractivity contribution is -0.187. The van der Waals surface area contributed by atoms with Crippen molar-refractivity contribution in [2.75, 3.05) is 18.5 Å². The zero-order valence-corrected chi connectivity index (χ0v) is 15.8. The molecule has 8 heteroatoms. The summed E-state index contributed by atoms with van der Waals surface area (Å²) in [5.74, 6) is -0.684. The first kappa shape index (κ1) is 18.9. The van der Waals surface area contributed by atoms with Crippen molar-refractivity contribution >= 4 is 23.2 Å². The molecule has 28 heavy (non-hydrogen) atoms. The molecule has 1 amide bonds. The molecule has 0 aliphatic carbocycles. The van der Waals surface area contributed by atoms with Crippen molar-refractivity contribution in [1.82, 2.24) is 4.90 Å². The maximum absolute atomic E-state index is 13.1. The van der Waals surface area contributed by atoms with Crippen LogP contribution in [0, 0.1) is 0 Å². The number of benzene rings is 2. The number of fused-ring (bicyclic) bond motifs is 5. The number of para-hydroxylation sites is 1. The van der Waals surface area contributed by atoms with Crippen LogP contribution in [-0.4, -0.2) is 36.6 Å². The predicted molar refractivity (Wildman–Crippen MR) is 99.9 cm³/mol. The first-order valence-electron chi connectivity index (χ1n) is 8.94. The summed E-state index contributed by atoms with van der Waals surface area (Å²) < 4.78 is 45.4. The predicted octanol–water partition coefficient (Wildman–Crippen LogP) is 5.18. The van der Waals surface area contributed by atoms with Crippen LogP contribution in [0.1, 0.15) is 24.4 Å². The van der Waals surface area contributed by atoms with E-state index in [1.54, 1.807) is 24.3 Å². The Kier molecular flexibility index (Phi) is 4.65. The van der Waals surface area contributed by atoms with E-state index < -0.39 is 24.2 Å². The van der Waals surface area contributed by atoms with Gasteiger partial charge in [-0.15, -0.1) is 0 Å². The average Bonchev–Trinajstić information content (AvgIpc) is 2.80. The Morgan fingerprint density at radius 1 is 1.21 bits per heavy atom. The van der Waals surface area contributed by atoms with Crippen LogP contribution < -0.4 is 9.64 Å². The first-order chi connectivity index (χ1) is 13.3. The standard InChI is InChI=1S/C20H18ClF3N2O2/c1-25(19(27)20(22,23)24)14-6-4-10-26-15-11-12(21)8-9-17(15)28-16-7-3-2-5-13(16)18(14)26/h2-3,5,7-9,11,14,18H,4,6,10H2,1H3/t14-,18+/m0/s1. The van der Waals surface area contributed by atoms with Gasteiger partial charge in [0.05, 0.1) is 17.8 Å². The van der Waals surface area contributed by atoms with Gasteiger partial charge in [0.2, 0.25) is 0 Å². The third-order valence-corrected chi connectivity index (χ3v) is 5.58. The van der Waals surface area contributed by atoms with Gasteiger partial charge in [0.1, 0.15) is 5.75 Å². The number of piperidine rings is 1. The van der Waals surface area contributed by atoms with Crippen molar-refractivity contribution in [2.45, 2.75) is 31.1 Å². The number of likely N-dealkylation sites (N-methyl/N-ethyl adjacent to an activating group) is 1. The Bertz CT molecular complexity index is 919. The summed E-state index contributed by atoms with van der Waals surface area (Å²) in [6, 6.07) is 11.4. The molecule has 0 saturated carbocycles. The Morgan fingerprint density at radius 3 is 2.71 bits per heavy atom. The number of alkyl halides is 3. The second-order valence-corrected chi connectivity index (χ2v) is 7.45. The van der Waals surface area contributed by atoms with Crippen molar-refractivity contribution in [3.05, 3.63) is 53.1 Å². The lowest BCUT2D eigenvalue weighted by atomic mass is 9.88. The summed E-state index contributed by atoms with van der Waals surface area (Å²) >= 11 is 6.19. The van der Waals surface area contributed by atoms with Crippen LogP contribution in [0.25, 0.3) is 0 Å². The molecule has 2 atom stereocenters. The second kappa shape index (κ2) is 6.88. The molecule has 2 aliphatic rings. The fourth-order valence-corrected chi connectivity index (χ4v) is 4.28. The summed E-state index contributed by atoms with van der Waals surface area (Å²) in [5.41, 5.74) is 1.47. The van der Waals surface area contributed by atoms with Gasteiger partial charge in [0.15, 0.2) is 5.75 Å². The highest BCUT2D eigenvalue weighted by molar-refractivity contribution is 6.31. The summed E-state index contributed by atoms with van der Waals surface area (Å²) in [4.78, 5) is 14.8. The number of carbonyl (C=O) groups is 1. The van der Waals surface area contributed by atoms with Crippen molar-refractivity contribution < 1.29 is 22.7 Å². The molecule has 0 unspecified atom stereocenters. The molecule has 0 bridgehead atoms. The smallest absolute Gasteiger partial charge is 0.455 e. The zero-order chi connectivity index (χ0) is 20.1. The van der Waals surface area contributed by atoms with E-state index in [9.17, 15) is 18.0 Å². The van der Waals surface area contributed by atoms with Gasteiger partial charge in [-0.2, -0.15) is 13.2 Å². The summed E-state index contributed by atoms with van der Waals surface area (Å²) in [7, 11) is 1.22. The Balaban J connectivity index is 1.85. The van der Waals surface area contributed by atoms with E-state index in [-0.39, 0.29) is 0 Å². The van der Waals surface area contributed by atoms with Gasteiger partial charge >= 0.3 is 12.1 Å². The third kappa shape index (κ3) is 3.17. The van der Waals surface area contributed by atoms with E-state index in [0.717, 1.165) is 10.5 Å². The molecule has 2 aliphatic heterocycles. The SMILES string of the molecule is CN(C(=O)C(F)(F)F)[C@H]1CCCN2c3cc(Cl)ccc3Oc3ccccc3[C@H]12. The second-order valence-electron chi connectivity index (χ2n) is 7.01. The molecule has 2 aromatic rings. The van der Waals surface area contributed by atoms with Crippen LogP contribution in [0.15, 0.2) is 42.5 Å². The highest BCUT2D eigenvalue weighted by atomic mass is 35.5. The van der Waals surface area contributed by atoms with Crippen LogP contribution >= 0.6 is 11.6 Å². The number of rotatable bonds is 1. The minimum atomic E-state index is -4.92. The van der Waals surface area contributed by atoms with Gasteiger partial charge in [-0.25, -0.2) is 0 Å². The molecule has 2 heterocycles. The summed E-state index contributed by atoms with van der Waals surface area (Å²) in [6.45, 7) is 0.625. The van der Waals surface area contributed by atoms with Gasteiger partial charge in [-0.05, 0) is 37.1 Å². The van der Waals surface area contributed by atoms with Gasteiger partial charge in [-0.1, -0.05) is 29.8 Å². The molecule has 1 saturated heterocycles. The van der Waals surface area contributed by atoms with Crippen LogP contribution in [0.2, 0.25) is 5.02 Å². The fraction of sp³-hybridized carbons (Fsp3) is 0.350. The molecule has 4 nitrogen and oxygen atoms in total. The normalized spacial score (nSPS) is 21.0. The minimum absolute atomic E-state index is 0.462. The van der Waals surface area contributed by atoms with E-state index in [0.29, 0.717) is 41.6 Å². The number of carbonyl (C=O) groups excluding carboxylic acids is 1. The number of hydrogen-bond acceptors (Lipinski definition) is 3. The van der Waals surface area contributed by atoms with Crippen molar-refractivity contribution in [2.24, 2.45) is 0 Å². The largest absolute Gasteiger partial charge is 0.471 e. The van der Waals surface area contributed by atoms with E-state index in [2.05, 4.69) is 0 Å². The molecule has 1 fully saturated rings. The van der Waals surface area contributed by atoms with Crippen molar-refractivity contribution in [1.29, 1.82) is 0 Å². The van der Waals surface area contributed by atoms with Crippen LogP contribution in [0.3, 0.4) is 0 Å². The van der Waals surface area contributed by atoms with Crippen LogP contribution in [0.5, 0.6) is 11.5 Å². The molecule has 0 spiro atoms. The topological polar surface area (TPSA) is 32.8 Å². The number of amides is 1. The zero-order valence-electron chi connectivity index (χ0n) is 15.0. The molecular formula is C20H18ClF3N2O2. The Hall–Kier alpha value is -2.41. The van der Waals surface area contributed by atoms with Gasteiger partial charge in [-0.3, -0.25) is 4.79 Å². The minimum Gasteiger partial charge on any atom is -0.455 e. The number of ether oxygens (including phenoxy) is 1. The quantitative estimate of drug-likeness (QED) is 0.649. The molecule has 0 radical (unpaired) electrons. The lowest BCUT2D eigenvalue weighted by Crippen LogP contribution is -2.53.